The minimum atomic E-state index is -4.54. The predicted octanol–water partition coefficient (Wildman–Crippen LogP) is 2.42. The molecule has 3 nitrogen and oxygen atoms in total. The standard InChI is InChI=1S/C11H9F4NO2/c12-10(13)11(14,15)18-8-4-1-7(2-5-8)3-6-9(16)17/h1-6,10H,(H2,16,17). The summed E-state index contributed by atoms with van der Waals surface area (Å²) in [5, 5.41) is 0. The van der Waals surface area contributed by atoms with Crippen LogP contribution >= 0.6 is 0 Å². The van der Waals surface area contributed by atoms with Gasteiger partial charge in [0.1, 0.15) is 5.75 Å². The molecule has 18 heavy (non-hydrogen) atoms. The van der Waals surface area contributed by atoms with E-state index in [0.29, 0.717) is 5.56 Å². The van der Waals surface area contributed by atoms with Crippen molar-refractivity contribution in [3.8, 4) is 5.75 Å². The van der Waals surface area contributed by atoms with Crippen molar-refractivity contribution in [1.82, 2.24) is 0 Å². The van der Waals surface area contributed by atoms with Crippen molar-refractivity contribution in [2.75, 3.05) is 0 Å². The average Bonchev–Trinajstić information content (AvgIpc) is 2.27. The Morgan fingerprint density at radius 2 is 1.83 bits per heavy atom. The van der Waals surface area contributed by atoms with E-state index in [4.69, 9.17) is 5.73 Å². The lowest BCUT2D eigenvalue weighted by Crippen LogP contribution is -2.33. The first-order valence-corrected chi connectivity index (χ1v) is 4.74. The lowest BCUT2D eigenvalue weighted by Gasteiger charge is -2.16. The molecule has 2 N–H and O–H groups in total. The zero-order valence-electron chi connectivity index (χ0n) is 8.95. The van der Waals surface area contributed by atoms with E-state index in [9.17, 15) is 22.4 Å². The number of ether oxygens (including phenoxy) is 1. The Bertz CT molecular complexity index is 443. The van der Waals surface area contributed by atoms with Crippen molar-refractivity contribution >= 4 is 12.0 Å². The molecule has 0 aromatic heterocycles. The lowest BCUT2D eigenvalue weighted by atomic mass is 10.2. The summed E-state index contributed by atoms with van der Waals surface area (Å²) in [6, 6.07) is 4.79. The van der Waals surface area contributed by atoms with E-state index in [1.165, 1.54) is 18.2 Å². The van der Waals surface area contributed by atoms with Crippen LogP contribution < -0.4 is 10.5 Å². The van der Waals surface area contributed by atoms with Crippen LogP contribution in [0.25, 0.3) is 6.08 Å². The zero-order valence-corrected chi connectivity index (χ0v) is 8.95. The van der Waals surface area contributed by atoms with Crippen molar-refractivity contribution in [2.24, 2.45) is 5.73 Å². The van der Waals surface area contributed by atoms with E-state index < -0.39 is 24.2 Å². The summed E-state index contributed by atoms with van der Waals surface area (Å²) in [5.74, 6) is -1.07. The molecule has 0 aliphatic heterocycles. The SMILES string of the molecule is NC(=O)C=Cc1ccc(OC(F)(F)C(F)F)cc1. The Balaban J connectivity index is 2.75. The van der Waals surface area contributed by atoms with E-state index in [0.717, 1.165) is 18.2 Å². The van der Waals surface area contributed by atoms with E-state index in [1.54, 1.807) is 0 Å². The quantitative estimate of drug-likeness (QED) is 0.655. The predicted molar refractivity (Wildman–Crippen MR) is 56.2 cm³/mol. The van der Waals surface area contributed by atoms with E-state index in [-0.39, 0.29) is 0 Å². The molecular formula is C11H9F4NO2. The number of amides is 1. The van der Waals surface area contributed by atoms with Crippen LogP contribution in [-0.4, -0.2) is 18.4 Å². The molecule has 0 aliphatic rings. The molecule has 1 amide bonds. The Hall–Kier alpha value is -2.05. The molecule has 0 saturated heterocycles. The van der Waals surface area contributed by atoms with Crippen molar-refractivity contribution in [2.45, 2.75) is 12.5 Å². The third-order valence-corrected chi connectivity index (χ3v) is 1.83. The van der Waals surface area contributed by atoms with E-state index in [1.807, 2.05) is 0 Å². The summed E-state index contributed by atoms with van der Waals surface area (Å²) in [6.07, 6.45) is -6.03. The van der Waals surface area contributed by atoms with Gasteiger partial charge in [-0.25, -0.2) is 0 Å². The highest BCUT2D eigenvalue weighted by Crippen LogP contribution is 2.27. The Labute approximate surface area is 99.8 Å². The molecule has 0 radical (unpaired) electrons. The first-order valence-electron chi connectivity index (χ1n) is 4.74. The second-order valence-corrected chi connectivity index (χ2v) is 3.27. The fraction of sp³-hybridized carbons (Fsp3) is 0.182. The van der Waals surface area contributed by atoms with Crippen molar-refractivity contribution in [3.63, 3.8) is 0 Å². The van der Waals surface area contributed by atoms with Gasteiger partial charge in [-0.3, -0.25) is 4.79 Å². The molecule has 0 saturated carbocycles. The van der Waals surface area contributed by atoms with Crippen LogP contribution in [-0.2, 0) is 4.79 Å². The molecule has 0 heterocycles. The van der Waals surface area contributed by atoms with Gasteiger partial charge in [-0.15, -0.1) is 0 Å². The van der Waals surface area contributed by atoms with E-state index in [2.05, 4.69) is 4.74 Å². The van der Waals surface area contributed by atoms with Crippen LogP contribution in [0, 0.1) is 0 Å². The summed E-state index contributed by atoms with van der Waals surface area (Å²) in [7, 11) is 0. The number of benzene rings is 1. The first kappa shape index (κ1) is 14.0. The maximum absolute atomic E-state index is 12.5. The third kappa shape index (κ3) is 4.08. The summed E-state index contributed by atoms with van der Waals surface area (Å²) >= 11 is 0. The summed E-state index contributed by atoms with van der Waals surface area (Å²) < 4.78 is 52.6. The first-order chi connectivity index (χ1) is 8.31. The van der Waals surface area contributed by atoms with Gasteiger partial charge in [0.25, 0.3) is 0 Å². The van der Waals surface area contributed by atoms with Crippen LogP contribution in [0.15, 0.2) is 30.3 Å². The van der Waals surface area contributed by atoms with Gasteiger partial charge < -0.3 is 10.5 Å². The summed E-state index contributed by atoms with van der Waals surface area (Å²) in [5.41, 5.74) is 5.34. The molecule has 0 unspecified atom stereocenters. The number of rotatable bonds is 5. The van der Waals surface area contributed by atoms with Gasteiger partial charge in [0, 0.05) is 6.08 Å². The van der Waals surface area contributed by atoms with E-state index >= 15 is 0 Å². The fourth-order valence-corrected chi connectivity index (χ4v) is 1.03. The zero-order chi connectivity index (χ0) is 13.8. The topological polar surface area (TPSA) is 52.3 Å². The fourth-order valence-electron chi connectivity index (χ4n) is 1.03. The monoisotopic (exact) mass is 263 g/mol. The molecule has 7 heteroatoms. The maximum atomic E-state index is 12.5. The molecule has 98 valence electrons. The molecule has 1 aromatic rings. The van der Waals surface area contributed by atoms with Crippen LogP contribution in [0.5, 0.6) is 5.75 Å². The molecule has 0 spiro atoms. The van der Waals surface area contributed by atoms with Crippen molar-refractivity contribution in [3.05, 3.63) is 35.9 Å². The van der Waals surface area contributed by atoms with Gasteiger partial charge in [-0.05, 0) is 23.8 Å². The lowest BCUT2D eigenvalue weighted by molar-refractivity contribution is -0.253. The molecule has 1 rings (SSSR count). The van der Waals surface area contributed by atoms with Crippen LogP contribution in [0.4, 0.5) is 17.6 Å². The number of primary amides is 1. The van der Waals surface area contributed by atoms with Gasteiger partial charge in [0.15, 0.2) is 0 Å². The molecule has 0 fully saturated rings. The second kappa shape index (κ2) is 5.52. The number of halogens is 4. The van der Waals surface area contributed by atoms with Gasteiger partial charge >= 0.3 is 12.5 Å². The summed E-state index contributed by atoms with van der Waals surface area (Å²) in [4.78, 5) is 10.4. The summed E-state index contributed by atoms with van der Waals surface area (Å²) in [6.45, 7) is 0. The second-order valence-electron chi connectivity index (χ2n) is 3.27. The normalized spacial score (nSPS) is 12.1. The molecule has 0 aliphatic carbocycles. The highest BCUT2D eigenvalue weighted by molar-refractivity contribution is 5.90. The number of hydrogen-bond donors (Lipinski definition) is 1. The maximum Gasteiger partial charge on any atom is 0.461 e. The van der Waals surface area contributed by atoms with Gasteiger partial charge in [0.2, 0.25) is 5.91 Å². The minimum Gasteiger partial charge on any atom is -0.428 e. The Morgan fingerprint density at radius 1 is 1.28 bits per heavy atom. The van der Waals surface area contributed by atoms with Crippen LogP contribution in [0.2, 0.25) is 0 Å². The minimum absolute atomic E-state index is 0.406. The largest absolute Gasteiger partial charge is 0.461 e. The molecule has 0 atom stereocenters. The number of carbonyl (C=O) groups is 1. The highest BCUT2D eigenvalue weighted by Gasteiger charge is 2.43. The highest BCUT2D eigenvalue weighted by atomic mass is 19.3. The van der Waals surface area contributed by atoms with Crippen LogP contribution in [0.1, 0.15) is 5.56 Å². The molecule has 0 bridgehead atoms. The molecular weight excluding hydrogens is 254 g/mol. The average molecular weight is 263 g/mol. The number of nitrogens with two attached hydrogens (primary N) is 1. The number of alkyl halides is 4. The molecule has 1 aromatic carbocycles. The number of hydrogen-bond acceptors (Lipinski definition) is 2. The van der Waals surface area contributed by atoms with Crippen LogP contribution in [0.3, 0.4) is 0 Å². The van der Waals surface area contributed by atoms with Crippen molar-refractivity contribution < 1.29 is 27.1 Å². The van der Waals surface area contributed by atoms with Gasteiger partial charge in [0.05, 0.1) is 0 Å². The van der Waals surface area contributed by atoms with Gasteiger partial charge in [-0.1, -0.05) is 12.1 Å². The Morgan fingerprint density at radius 3 is 2.28 bits per heavy atom. The Kier molecular flexibility index (Phi) is 4.30. The van der Waals surface area contributed by atoms with Gasteiger partial charge in [-0.2, -0.15) is 17.6 Å². The number of carbonyl (C=O) groups excluding carboxylic acids is 1. The smallest absolute Gasteiger partial charge is 0.428 e. The third-order valence-electron chi connectivity index (χ3n) is 1.83. The van der Waals surface area contributed by atoms with Crippen molar-refractivity contribution in [1.29, 1.82) is 0 Å².